The van der Waals surface area contributed by atoms with Gasteiger partial charge >= 0.3 is 0 Å². The Hall–Kier alpha value is -2.58. The van der Waals surface area contributed by atoms with Crippen molar-refractivity contribution in [1.29, 1.82) is 0 Å². The topological polar surface area (TPSA) is 87.7 Å². The molecule has 2 aromatic rings. The summed E-state index contributed by atoms with van der Waals surface area (Å²) in [7, 11) is -0.243. The summed E-state index contributed by atoms with van der Waals surface area (Å²) in [5, 5.41) is 2.98. The zero-order valence-corrected chi connectivity index (χ0v) is 16.5. The van der Waals surface area contributed by atoms with Crippen molar-refractivity contribution in [2.24, 2.45) is 0 Å². The molecule has 0 unspecified atom stereocenters. The molecule has 0 bridgehead atoms. The lowest BCUT2D eigenvalue weighted by atomic mass is 10.2. The molecule has 0 heterocycles. The zero-order valence-electron chi connectivity index (χ0n) is 15.7. The predicted molar refractivity (Wildman–Crippen MR) is 106 cm³/mol. The van der Waals surface area contributed by atoms with Gasteiger partial charge in [-0.25, -0.2) is 8.42 Å². The normalized spacial score (nSPS) is 11.1. The van der Waals surface area contributed by atoms with E-state index in [4.69, 9.17) is 4.74 Å². The Morgan fingerprint density at radius 1 is 1.15 bits per heavy atom. The maximum Gasteiger partial charge on any atom is 0.261 e. The van der Waals surface area contributed by atoms with Crippen molar-refractivity contribution in [3.05, 3.63) is 54.1 Å². The van der Waals surface area contributed by atoms with E-state index in [1.165, 1.54) is 18.2 Å². The van der Waals surface area contributed by atoms with Gasteiger partial charge in [0.1, 0.15) is 5.75 Å². The molecule has 0 fully saturated rings. The minimum absolute atomic E-state index is 0.119. The molecule has 27 heavy (non-hydrogen) atoms. The number of sulfonamides is 1. The highest BCUT2D eigenvalue weighted by atomic mass is 32.2. The minimum Gasteiger partial charge on any atom is -0.494 e. The van der Waals surface area contributed by atoms with Gasteiger partial charge in [0.25, 0.3) is 15.9 Å². The van der Waals surface area contributed by atoms with Crippen LogP contribution in [0.15, 0.2) is 53.4 Å². The Morgan fingerprint density at radius 3 is 2.48 bits per heavy atom. The number of carbonyl (C=O) groups is 1. The van der Waals surface area contributed by atoms with Crippen molar-refractivity contribution in [2.75, 3.05) is 38.5 Å². The molecule has 7 nitrogen and oxygen atoms in total. The Bertz CT molecular complexity index is 867. The maximum atomic E-state index is 12.6. The highest BCUT2D eigenvalue weighted by Gasteiger charge is 2.16. The average Bonchev–Trinajstić information content (AvgIpc) is 2.66. The third-order valence-corrected chi connectivity index (χ3v) is 5.25. The lowest BCUT2D eigenvalue weighted by molar-refractivity contribution is 0.0797. The summed E-state index contributed by atoms with van der Waals surface area (Å²) < 4.78 is 33.0. The summed E-state index contributed by atoms with van der Waals surface area (Å²) in [6.07, 6.45) is 0. The van der Waals surface area contributed by atoms with Crippen LogP contribution in [0.3, 0.4) is 0 Å². The summed E-state index contributed by atoms with van der Waals surface area (Å²) in [5.41, 5.74) is 0.747. The van der Waals surface area contributed by atoms with E-state index in [0.717, 1.165) is 0 Å². The van der Waals surface area contributed by atoms with E-state index in [1.54, 1.807) is 42.3 Å². The second-order valence-electron chi connectivity index (χ2n) is 5.92. The summed E-state index contributed by atoms with van der Waals surface area (Å²) in [6.45, 7) is 3.59. The fraction of sp³-hybridized carbons (Fsp3) is 0.316. The molecule has 0 saturated carbocycles. The molecule has 0 aliphatic rings. The van der Waals surface area contributed by atoms with Gasteiger partial charge in [-0.1, -0.05) is 6.07 Å². The monoisotopic (exact) mass is 391 g/mol. The molecule has 146 valence electrons. The second-order valence-corrected chi connectivity index (χ2v) is 7.60. The minimum atomic E-state index is -3.76. The largest absolute Gasteiger partial charge is 0.494 e. The smallest absolute Gasteiger partial charge is 0.261 e. The molecular formula is C19H25N3O4S. The number of carbonyl (C=O) groups excluding carboxylic acids is 1. The number of nitrogens with zero attached hydrogens (tertiary/aromatic N) is 1. The highest BCUT2D eigenvalue weighted by molar-refractivity contribution is 7.92. The number of likely N-dealkylation sites (N-methyl/N-ethyl adjacent to an activating group) is 2. The van der Waals surface area contributed by atoms with Gasteiger partial charge in [-0.05, 0) is 56.4 Å². The van der Waals surface area contributed by atoms with Crippen LogP contribution in [0.2, 0.25) is 0 Å². The molecule has 0 atom stereocenters. The fourth-order valence-corrected chi connectivity index (χ4v) is 3.46. The van der Waals surface area contributed by atoms with Gasteiger partial charge in [0.15, 0.2) is 0 Å². The molecule has 0 aliphatic carbocycles. The molecule has 2 aromatic carbocycles. The van der Waals surface area contributed by atoms with Gasteiger partial charge in [-0.15, -0.1) is 0 Å². The van der Waals surface area contributed by atoms with Gasteiger partial charge < -0.3 is 15.0 Å². The van der Waals surface area contributed by atoms with Crippen LogP contribution in [0.25, 0.3) is 0 Å². The van der Waals surface area contributed by atoms with E-state index in [1.807, 2.05) is 14.0 Å². The third kappa shape index (κ3) is 5.70. The number of rotatable bonds is 9. The number of hydrogen-bond acceptors (Lipinski definition) is 5. The fourth-order valence-electron chi connectivity index (χ4n) is 2.41. The number of benzene rings is 2. The predicted octanol–water partition coefficient (Wildman–Crippen LogP) is 2.18. The highest BCUT2D eigenvalue weighted by Crippen LogP contribution is 2.20. The zero-order chi connectivity index (χ0) is 19.9. The molecule has 8 heteroatoms. The lowest BCUT2D eigenvalue weighted by Gasteiger charge is -2.17. The van der Waals surface area contributed by atoms with Crippen molar-refractivity contribution >= 4 is 21.6 Å². The third-order valence-electron chi connectivity index (χ3n) is 3.85. The van der Waals surface area contributed by atoms with Crippen LogP contribution in [-0.2, 0) is 10.0 Å². The van der Waals surface area contributed by atoms with Crippen LogP contribution in [0.5, 0.6) is 5.75 Å². The number of hydrogen-bond donors (Lipinski definition) is 2. The van der Waals surface area contributed by atoms with Gasteiger partial charge in [0.05, 0.1) is 11.5 Å². The van der Waals surface area contributed by atoms with Gasteiger partial charge in [0.2, 0.25) is 0 Å². The number of amides is 1. The summed E-state index contributed by atoms with van der Waals surface area (Å²) in [6, 6.07) is 12.6. The van der Waals surface area contributed by atoms with Crippen LogP contribution >= 0.6 is 0 Å². The first-order chi connectivity index (χ1) is 12.9. The number of anilines is 1. The van der Waals surface area contributed by atoms with Gasteiger partial charge in [-0.3, -0.25) is 9.52 Å². The van der Waals surface area contributed by atoms with Crippen LogP contribution in [-0.4, -0.2) is 53.0 Å². The molecule has 2 rings (SSSR count). The standard InChI is InChI=1S/C19H25N3O4S/c1-4-26-17-8-10-18(11-9-17)27(24,25)21-16-7-5-6-15(14-16)19(23)22(3)13-12-20-2/h5-11,14,20-21H,4,12-13H2,1-3H3. The van der Waals surface area contributed by atoms with Gasteiger partial charge in [-0.2, -0.15) is 0 Å². The van der Waals surface area contributed by atoms with Crippen molar-refractivity contribution in [3.8, 4) is 5.75 Å². The molecule has 1 amide bonds. The Labute approximate surface area is 160 Å². The van der Waals surface area contributed by atoms with E-state index in [0.29, 0.717) is 36.7 Å². The van der Waals surface area contributed by atoms with Crippen molar-refractivity contribution < 1.29 is 17.9 Å². The first-order valence-electron chi connectivity index (χ1n) is 8.63. The second kappa shape index (κ2) is 9.38. The van der Waals surface area contributed by atoms with E-state index < -0.39 is 10.0 Å². The first-order valence-corrected chi connectivity index (χ1v) is 10.1. The van der Waals surface area contributed by atoms with Crippen LogP contribution < -0.4 is 14.8 Å². The first kappa shape index (κ1) is 20.7. The summed E-state index contributed by atoms with van der Waals surface area (Å²) >= 11 is 0. The summed E-state index contributed by atoms with van der Waals surface area (Å²) in [5.74, 6) is 0.431. The van der Waals surface area contributed by atoms with Crippen molar-refractivity contribution in [3.63, 3.8) is 0 Å². The molecule has 0 spiro atoms. The summed E-state index contributed by atoms with van der Waals surface area (Å²) in [4.78, 5) is 14.1. The van der Waals surface area contributed by atoms with Crippen LogP contribution in [0.1, 0.15) is 17.3 Å². The van der Waals surface area contributed by atoms with Crippen molar-refractivity contribution in [1.82, 2.24) is 10.2 Å². The van der Waals surface area contributed by atoms with E-state index in [2.05, 4.69) is 10.0 Å². The Morgan fingerprint density at radius 2 is 1.85 bits per heavy atom. The average molecular weight is 391 g/mol. The quantitative estimate of drug-likeness (QED) is 0.684. The molecule has 0 saturated heterocycles. The van der Waals surface area contributed by atoms with Crippen LogP contribution in [0, 0.1) is 0 Å². The van der Waals surface area contributed by atoms with E-state index in [9.17, 15) is 13.2 Å². The Kier molecular flexibility index (Phi) is 7.20. The van der Waals surface area contributed by atoms with E-state index >= 15 is 0 Å². The van der Waals surface area contributed by atoms with E-state index in [-0.39, 0.29) is 10.8 Å². The molecule has 0 radical (unpaired) electrons. The maximum absolute atomic E-state index is 12.6. The van der Waals surface area contributed by atoms with Crippen molar-refractivity contribution in [2.45, 2.75) is 11.8 Å². The van der Waals surface area contributed by atoms with Crippen LogP contribution in [0.4, 0.5) is 5.69 Å². The molecular weight excluding hydrogens is 366 g/mol. The number of nitrogens with one attached hydrogen (secondary N) is 2. The Balaban J connectivity index is 2.15. The number of ether oxygens (including phenoxy) is 1. The molecule has 0 aliphatic heterocycles. The van der Waals surface area contributed by atoms with Gasteiger partial charge in [0, 0.05) is 31.4 Å². The molecule has 0 aromatic heterocycles. The SMILES string of the molecule is CCOc1ccc(S(=O)(=O)Nc2cccc(C(=O)N(C)CCNC)c2)cc1. The lowest BCUT2D eigenvalue weighted by Crippen LogP contribution is -2.32. The molecule has 2 N–H and O–H groups in total.